The number of ether oxygens (including phenoxy) is 1. The van der Waals surface area contributed by atoms with Gasteiger partial charge in [0, 0.05) is 5.92 Å². The zero-order valence-electron chi connectivity index (χ0n) is 15.6. The Balaban J connectivity index is 1.85. The van der Waals surface area contributed by atoms with Gasteiger partial charge in [-0.2, -0.15) is 0 Å². The molecule has 0 spiro atoms. The number of hydrogen-bond acceptors (Lipinski definition) is 3. The van der Waals surface area contributed by atoms with Gasteiger partial charge in [-0.05, 0) is 62.5 Å². The predicted octanol–water partition coefficient (Wildman–Crippen LogP) is 5.96. The van der Waals surface area contributed by atoms with Crippen molar-refractivity contribution in [1.29, 1.82) is 0 Å². The quantitative estimate of drug-likeness (QED) is 0.472. The molecule has 140 valence electrons. The minimum Gasteiger partial charge on any atom is -0.490 e. The van der Waals surface area contributed by atoms with E-state index in [1.807, 2.05) is 19.9 Å². The maximum Gasteiger partial charge on any atom is 0.346 e. The summed E-state index contributed by atoms with van der Waals surface area (Å²) in [5, 5.41) is 0.581. The van der Waals surface area contributed by atoms with Crippen LogP contribution in [0.5, 0.6) is 5.75 Å². The second kappa shape index (κ2) is 8.52. The van der Waals surface area contributed by atoms with Gasteiger partial charge in [-0.15, -0.1) is 0 Å². The van der Waals surface area contributed by atoms with Gasteiger partial charge in [-0.25, -0.2) is 9.18 Å². The van der Waals surface area contributed by atoms with Crippen LogP contribution in [0.25, 0.3) is 10.8 Å². The summed E-state index contributed by atoms with van der Waals surface area (Å²) in [4.78, 5) is 12.4. The summed E-state index contributed by atoms with van der Waals surface area (Å²) in [6.07, 6.45) is 10.3. The largest absolute Gasteiger partial charge is 0.490 e. The minimum absolute atomic E-state index is 0.00893. The molecule has 4 heteroatoms. The van der Waals surface area contributed by atoms with Crippen LogP contribution in [0.4, 0.5) is 4.39 Å². The topological polar surface area (TPSA) is 39.4 Å². The molecule has 3 rings (SSSR count). The van der Waals surface area contributed by atoms with Crippen LogP contribution in [0.3, 0.4) is 0 Å². The van der Waals surface area contributed by atoms with Gasteiger partial charge in [-0.1, -0.05) is 31.6 Å². The van der Waals surface area contributed by atoms with Crippen LogP contribution in [0.15, 0.2) is 39.6 Å². The molecule has 0 radical (unpaired) electrons. The number of halogens is 1. The lowest BCUT2D eigenvalue weighted by molar-refractivity contribution is 0.294. The van der Waals surface area contributed by atoms with Gasteiger partial charge in [0.15, 0.2) is 11.6 Å². The first-order valence-corrected chi connectivity index (χ1v) is 9.65. The fourth-order valence-corrected chi connectivity index (χ4v) is 3.75. The van der Waals surface area contributed by atoms with Crippen LogP contribution in [0.2, 0.25) is 0 Å². The molecule has 0 unspecified atom stereocenters. The molecular weight excluding hydrogens is 331 g/mol. The number of rotatable bonds is 6. The molecule has 1 aliphatic rings. The Morgan fingerprint density at radius 3 is 2.73 bits per heavy atom. The third-order valence-electron chi connectivity index (χ3n) is 5.25. The second-order valence-electron chi connectivity index (χ2n) is 7.12. The molecule has 0 bridgehead atoms. The lowest BCUT2D eigenvalue weighted by Crippen LogP contribution is -2.14. The van der Waals surface area contributed by atoms with Gasteiger partial charge < -0.3 is 9.15 Å². The predicted molar refractivity (Wildman–Crippen MR) is 102 cm³/mol. The summed E-state index contributed by atoms with van der Waals surface area (Å²) in [5.74, 6) is 1.04. The van der Waals surface area contributed by atoms with Crippen molar-refractivity contribution in [2.45, 2.75) is 58.3 Å². The number of fused-ring (bicyclic) bond motifs is 1. The maximum atomic E-state index is 14.7. The average molecular weight is 358 g/mol. The van der Waals surface area contributed by atoms with E-state index in [9.17, 15) is 9.18 Å². The molecule has 1 saturated carbocycles. The van der Waals surface area contributed by atoms with Gasteiger partial charge in [0.1, 0.15) is 11.1 Å². The van der Waals surface area contributed by atoms with Crippen molar-refractivity contribution in [2.24, 2.45) is 5.92 Å². The van der Waals surface area contributed by atoms with Crippen LogP contribution in [0.1, 0.15) is 64.1 Å². The standard InChI is InChI=1S/C22H27FO3/c1-3-5-13-25-18-12-11-17-14-19(26-22(24)20(17)21(18)23)16-9-7-15(6-4-2)8-10-16/h4,6,11-12,14-16H,3,5,7-10,13H2,1-2H3/b6-4+. The van der Waals surface area contributed by atoms with Gasteiger partial charge in [0.2, 0.25) is 0 Å². The molecule has 1 heterocycles. The van der Waals surface area contributed by atoms with Crippen molar-refractivity contribution in [1.82, 2.24) is 0 Å². The third-order valence-corrected chi connectivity index (χ3v) is 5.25. The molecule has 3 nitrogen and oxygen atoms in total. The zero-order valence-corrected chi connectivity index (χ0v) is 15.6. The lowest BCUT2D eigenvalue weighted by atomic mass is 9.80. The Morgan fingerprint density at radius 1 is 1.27 bits per heavy atom. The van der Waals surface area contributed by atoms with Crippen molar-refractivity contribution >= 4 is 10.8 Å². The fourth-order valence-electron chi connectivity index (χ4n) is 3.75. The molecule has 1 aliphatic carbocycles. The molecule has 0 amide bonds. The van der Waals surface area contributed by atoms with Gasteiger partial charge in [0.25, 0.3) is 0 Å². The summed E-state index contributed by atoms with van der Waals surface area (Å²) >= 11 is 0. The highest BCUT2D eigenvalue weighted by Gasteiger charge is 2.24. The van der Waals surface area contributed by atoms with E-state index in [4.69, 9.17) is 9.15 Å². The second-order valence-corrected chi connectivity index (χ2v) is 7.12. The summed E-state index contributed by atoms with van der Waals surface area (Å²) in [6, 6.07) is 5.20. The molecule has 2 aromatic rings. The van der Waals surface area contributed by atoms with Crippen molar-refractivity contribution in [2.75, 3.05) is 6.61 Å². The number of benzene rings is 1. The van der Waals surface area contributed by atoms with E-state index >= 15 is 0 Å². The minimum atomic E-state index is -0.615. The molecule has 0 N–H and O–H groups in total. The van der Waals surface area contributed by atoms with E-state index in [1.54, 1.807) is 12.1 Å². The molecule has 0 aliphatic heterocycles. The average Bonchev–Trinajstić information content (AvgIpc) is 2.64. The van der Waals surface area contributed by atoms with Crippen molar-refractivity contribution in [3.8, 4) is 5.75 Å². The molecule has 1 aromatic heterocycles. The Labute approximate surface area is 153 Å². The van der Waals surface area contributed by atoms with Crippen molar-refractivity contribution in [3.05, 3.63) is 52.3 Å². The summed E-state index contributed by atoms with van der Waals surface area (Å²) in [5.41, 5.74) is -0.605. The SMILES string of the molecule is C/C=C/C1CCC(c2cc3ccc(OCCCC)c(F)c3c(=O)o2)CC1. The number of unbranched alkanes of at least 4 members (excludes halogenated alkanes) is 1. The van der Waals surface area contributed by atoms with E-state index in [1.165, 1.54) is 0 Å². The van der Waals surface area contributed by atoms with Gasteiger partial charge in [-0.3, -0.25) is 0 Å². The summed E-state index contributed by atoms with van der Waals surface area (Å²) < 4.78 is 25.7. The van der Waals surface area contributed by atoms with Crippen LogP contribution in [-0.4, -0.2) is 6.61 Å². The smallest absolute Gasteiger partial charge is 0.346 e. The van der Waals surface area contributed by atoms with Crippen molar-refractivity contribution in [3.63, 3.8) is 0 Å². The van der Waals surface area contributed by atoms with E-state index in [-0.39, 0.29) is 17.1 Å². The monoisotopic (exact) mass is 358 g/mol. The Kier molecular flexibility index (Phi) is 6.12. The fraction of sp³-hybridized carbons (Fsp3) is 0.500. The molecular formula is C22H27FO3. The Morgan fingerprint density at radius 2 is 2.04 bits per heavy atom. The van der Waals surface area contributed by atoms with E-state index < -0.39 is 11.4 Å². The zero-order chi connectivity index (χ0) is 18.5. The van der Waals surface area contributed by atoms with E-state index in [0.29, 0.717) is 23.7 Å². The van der Waals surface area contributed by atoms with Crippen LogP contribution in [-0.2, 0) is 0 Å². The van der Waals surface area contributed by atoms with Gasteiger partial charge in [0.05, 0.1) is 6.61 Å². The molecule has 0 atom stereocenters. The molecule has 1 aromatic carbocycles. The van der Waals surface area contributed by atoms with Crippen LogP contribution < -0.4 is 10.4 Å². The van der Waals surface area contributed by atoms with Gasteiger partial charge >= 0.3 is 5.63 Å². The normalized spacial score (nSPS) is 20.7. The number of allylic oxidation sites excluding steroid dienone is 2. The van der Waals surface area contributed by atoms with E-state index in [0.717, 1.165) is 38.5 Å². The molecule has 1 fully saturated rings. The van der Waals surface area contributed by atoms with Crippen LogP contribution in [0, 0.1) is 11.7 Å². The first-order valence-electron chi connectivity index (χ1n) is 9.65. The maximum absolute atomic E-state index is 14.7. The molecule has 0 saturated heterocycles. The highest BCUT2D eigenvalue weighted by Crippen LogP contribution is 2.37. The third kappa shape index (κ3) is 4.00. The number of hydrogen-bond donors (Lipinski definition) is 0. The van der Waals surface area contributed by atoms with E-state index in [2.05, 4.69) is 12.2 Å². The Hall–Kier alpha value is -2.10. The summed E-state index contributed by atoms with van der Waals surface area (Å²) in [7, 11) is 0. The molecule has 26 heavy (non-hydrogen) atoms. The summed E-state index contributed by atoms with van der Waals surface area (Å²) in [6.45, 7) is 4.53. The first kappa shape index (κ1) is 18.7. The highest BCUT2D eigenvalue weighted by atomic mass is 19.1. The highest BCUT2D eigenvalue weighted by molar-refractivity contribution is 5.83. The Bertz CT molecular complexity index is 829. The lowest BCUT2D eigenvalue weighted by Gasteiger charge is -2.26. The first-order chi connectivity index (χ1) is 12.6. The van der Waals surface area contributed by atoms with Crippen LogP contribution >= 0.6 is 0 Å². The van der Waals surface area contributed by atoms with Crippen molar-refractivity contribution < 1.29 is 13.5 Å².